The van der Waals surface area contributed by atoms with Crippen LogP contribution in [0.5, 0.6) is 0 Å². The van der Waals surface area contributed by atoms with Gasteiger partial charge in [0.05, 0.1) is 0 Å². The molecule has 2 nitrogen and oxygen atoms in total. The number of nitrogens with one attached hydrogen (secondary N) is 1. The predicted octanol–water partition coefficient (Wildman–Crippen LogP) is 4.84. The molecule has 1 heterocycles. The van der Waals surface area contributed by atoms with Gasteiger partial charge in [0.25, 0.3) is 0 Å². The van der Waals surface area contributed by atoms with Crippen LogP contribution in [0.4, 0.5) is 0 Å². The first kappa shape index (κ1) is 23.3. The Morgan fingerprint density at radius 3 is 1.95 bits per heavy atom. The molecular formula is C17H38N2. The average molecular weight is 271 g/mol. The molecule has 1 aliphatic rings. The van der Waals surface area contributed by atoms with Gasteiger partial charge in [-0.15, -0.1) is 0 Å². The zero-order valence-corrected chi connectivity index (χ0v) is 14.7. The second-order valence-electron chi connectivity index (χ2n) is 3.30. The Hall–Kier alpha value is -0.760. The van der Waals surface area contributed by atoms with Crippen molar-refractivity contribution < 1.29 is 0 Å². The van der Waals surface area contributed by atoms with Crippen LogP contribution >= 0.6 is 0 Å². The summed E-state index contributed by atoms with van der Waals surface area (Å²) < 4.78 is 0. The van der Waals surface area contributed by atoms with E-state index in [1.54, 1.807) is 0 Å². The first-order chi connectivity index (χ1) is 9.38. The fraction of sp³-hybridized carbons (Fsp3) is 0.765. The summed E-state index contributed by atoms with van der Waals surface area (Å²) in [7, 11) is 0. The molecule has 116 valence electrons. The monoisotopic (exact) mass is 270 g/mol. The van der Waals surface area contributed by atoms with Crippen molar-refractivity contribution in [3.8, 4) is 0 Å². The summed E-state index contributed by atoms with van der Waals surface area (Å²) in [5.41, 5.74) is 1.35. The second kappa shape index (κ2) is 22.4. The van der Waals surface area contributed by atoms with Gasteiger partial charge in [0.15, 0.2) is 0 Å². The molecule has 1 fully saturated rings. The van der Waals surface area contributed by atoms with Gasteiger partial charge in [-0.25, -0.2) is 0 Å². The van der Waals surface area contributed by atoms with Crippen LogP contribution in [0.2, 0.25) is 0 Å². The summed E-state index contributed by atoms with van der Waals surface area (Å²) >= 11 is 0. The molecule has 0 bridgehead atoms. The highest BCUT2D eigenvalue weighted by Gasteiger charge is 2.08. The predicted molar refractivity (Wildman–Crippen MR) is 91.7 cm³/mol. The van der Waals surface area contributed by atoms with Crippen LogP contribution in [-0.2, 0) is 0 Å². The van der Waals surface area contributed by atoms with E-state index in [0.717, 1.165) is 19.6 Å². The average Bonchev–Trinajstić information content (AvgIpc) is 2.80. The van der Waals surface area contributed by atoms with Crippen LogP contribution in [0.15, 0.2) is 23.9 Å². The summed E-state index contributed by atoms with van der Waals surface area (Å²) in [6, 6.07) is 0. The fourth-order valence-corrected chi connectivity index (χ4v) is 1.66. The van der Waals surface area contributed by atoms with Gasteiger partial charge in [-0.05, 0) is 32.9 Å². The Morgan fingerprint density at radius 1 is 0.895 bits per heavy atom. The second-order valence-corrected chi connectivity index (χ2v) is 3.30. The van der Waals surface area contributed by atoms with E-state index in [2.05, 4.69) is 42.3 Å². The number of hydrogen-bond donors (Lipinski definition) is 1. The van der Waals surface area contributed by atoms with Gasteiger partial charge < -0.3 is 10.2 Å². The van der Waals surface area contributed by atoms with Gasteiger partial charge >= 0.3 is 0 Å². The first-order valence-electron chi connectivity index (χ1n) is 8.13. The summed E-state index contributed by atoms with van der Waals surface area (Å²) in [4.78, 5) is 2.44. The van der Waals surface area contributed by atoms with E-state index in [4.69, 9.17) is 0 Å². The molecule has 1 aliphatic heterocycles. The van der Waals surface area contributed by atoms with Crippen molar-refractivity contribution in [1.29, 1.82) is 0 Å². The van der Waals surface area contributed by atoms with Gasteiger partial charge in [-0.3, -0.25) is 0 Å². The molecule has 19 heavy (non-hydrogen) atoms. The Kier molecular flexibility index (Phi) is 27.5. The van der Waals surface area contributed by atoms with Crippen LogP contribution in [-0.4, -0.2) is 31.1 Å². The lowest BCUT2D eigenvalue weighted by atomic mass is 10.3. The van der Waals surface area contributed by atoms with Crippen molar-refractivity contribution in [2.45, 2.75) is 61.8 Å². The standard InChI is InChI=1S/C11H20N2.3C2H6/c1-3-6-11(4-2)13-9-5-7-12-8-10-13;3*1-2/h3-4,6,12H,5,7-10H2,1-2H3;3*1-2H3/b6-3-,11-4+;;;. The molecule has 2 heteroatoms. The third kappa shape index (κ3) is 13.5. The lowest BCUT2D eigenvalue weighted by Gasteiger charge is -2.23. The van der Waals surface area contributed by atoms with Crippen LogP contribution in [0, 0.1) is 0 Å². The summed E-state index contributed by atoms with van der Waals surface area (Å²) in [6.45, 7) is 20.7. The van der Waals surface area contributed by atoms with Crippen molar-refractivity contribution in [3.05, 3.63) is 23.9 Å². The minimum Gasteiger partial charge on any atom is -0.370 e. The lowest BCUT2D eigenvalue weighted by molar-refractivity contribution is 0.378. The first-order valence-corrected chi connectivity index (χ1v) is 8.13. The maximum absolute atomic E-state index is 3.41. The normalized spacial score (nSPS) is 15.2. The van der Waals surface area contributed by atoms with Crippen LogP contribution < -0.4 is 5.32 Å². The highest BCUT2D eigenvalue weighted by atomic mass is 15.2. The molecule has 0 aromatic rings. The zero-order valence-electron chi connectivity index (χ0n) is 14.7. The molecule has 0 amide bonds. The van der Waals surface area contributed by atoms with Gasteiger partial charge in [0, 0.05) is 25.3 Å². The Labute approximate surface area is 123 Å². The molecule has 0 unspecified atom stereocenters. The van der Waals surface area contributed by atoms with Crippen LogP contribution in [0.3, 0.4) is 0 Å². The highest BCUT2D eigenvalue weighted by molar-refractivity contribution is 5.16. The van der Waals surface area contributed by atoms with Crippen molar-refractivity contribution in [2.75, 3.05) is 26.2 Å². The molecule has 0 radical (unpaired) electrons. The molecule has 0 saturated carbocycles. The third-order valence-corrected chi connectivity index (χ3v) is 2.34. The van der Waals surface area contributed by atoms with Gasteiger partial charge in [-0.1, -0.05) is 53.7 Å². The van der Waals surface area contributed by atoms with E-state index in [1.165, 1.54) is 18.7 Å². The van der Waals surface area contributed by atoms with E-state index in [-0.39, 0.29) is 0 Å². The van der Waals surface area contributed by atoms with Crippen molar-refractivity contribution in [3.63, 3.8) is 0 Å². The molecule has 0 aromatic heterocycles. The minimum atomic E-state index is 1.11. The van der Waals surface area contributed by atoms with Crippen molar-refractivity contribution in [1.82, 2.24) is 10.2 Å². The number of hydrogen-bond acceptors (Lipinski definition) is 2. The Balaban J connectivity index is -0.000000375. The van der Waals surface area contributed by atoms with Crippen LogP contribution in [0.1, 0.15) is 61.8 Å². The van der Waals surface area contributed by atoms with E-state index < -0.39 is 0 Å². The summed E-state index contributed by atoms with van der Waals surface area (Å²) in [5, 5.41) is 3.41. The molecular weight excluding hydrogens is 232 g/mol. The third-order valence-electron chi connectivity index (χ3n) is 2.34. The smallest absolute Gasteiger partial charge is 0.0319 e. The van der Waals surface area contributed by atoms with Gasteiger partial charge in [-0.2, -0.15) is 0 Å². The van der Waals surface area contributed by atoms with Crippen LogP contribution in [0.25, 0.3) is 0 Å². The van der Waals surface area contributed by atoms with E-state index in [0.29, 0.717) is 0 Å². The molecule has 1 saturated heterocycles. The largest absolute Gasteiger partial charge is 0.370 e. The molecule has 0 aliphatic carbocycles. The molecule has 0 spiro atoms. The van der Waals surface area contributed by atoms with Gasteiger partial charge in [0.1, 0.15) is 0 Å². The minimum absolute atomic E-state index is 1.11. The number of rotatable bonds is 2. The zero-order chi connectivity index (χ0) is 15.5. The molecule has 1 N–H and O–H groups in total. The van der Waals surface area contributed by atoms with Gasteiger partial charge in [0.2, 0.25) is 0 Å². The van der Waals surface area contributed by atoms with Crippen molar-refractivity contribution >= 4 is 0 Å². The van der Waals surface area contributed by atoms with E-state index in [9.17, 15) is 0 Å². The lowest BCUT2D eigenvalue weighted by Crippen LogP contribution is -2.26. The summed E-state index contributed by atoms with van der Waals surface area (Å²) in [6.07, 6.45) is 7.72. The maximum Gasteiger partial charge on any atom is 0.0319 e. The SMILES string of the molecule is C/C=C\C(=C/C)N1CCCNCC1.CC.CC.CC. The van der Waals surface area contributed by atoms with E-state index >= 15 is 0 Å². The highest BCUT2D eigenvalue weighted by Crippen LogP contribution is 2.07. The molecule has 1 rings (SSSR count). The molecule has 0 aromatic carbocycles. The Bertz CT molecular complexity index is 187. The van der Waals surface area contributed by atoms with Crippen molar-refractivity contribution in [2.24, 2.45) is 0 Å². The maximum atomic E-state index is 3.41. The summed E-state index contributed by atoms with van der Waals surface area (Å²) in [5.74, 6) is 0. The number of nitrogens with zero attached hydrogens (tertiary/aromatic N) is 1. The fourth-order valence-electron chi connectivity index (χ4n) is 1.66. The number of allylic oxidation sites excluding steroid dienone is 3. The Morgan fingerprint density at radius 2 is 1.47 bits per heavy atom. The topological polar surface area (TPSA) is 15.3 Å². The molecule has 0 atom stereocenters. The van der Waals surface area contributed by atoms with E-state index in [1.807, 2.05) is 41.5 Å². The quantitative estimate of drug-likeness (QED) is 0.722.